The molecule has 18 heavy (non-hydrogen) atoms. The summed E-state index contributed by atoms with van der Waals surface area (Å²) in [5.41, 5.74) is 1.68. The van der Waals surface area contributed by atoms with E-state index in [4.69, 9.17) is 0 Å². The normalized spacial score (nSPS) is 29.2. The number of benzene rings is 1. The van der Waals surface area contributed by atoms with Crippen molar-refractivity contribution in [3.05, 3.63) is 28.2 Å². The van der Waals surface area contributed by atoms with Crippen molar-refractivity contribution in [2.24, 2.45) is 0 Å². The van der Waals surface area contributed by atoms with Crippen LogP contribution in [0.1, 0.15) is 19.4 Å². The maximum Gasteiger partial charge on any atom is 0.0917 e. The number of halogens is 1. The Hall–Kier alpha value is -0.580. The fourth-order valence-corrected chi connectivity index (χ4v) is 3.12. The van der Waals surface area contributed by atoms with Gasteiger partial charge >= 0.3 is 0 Å². The number of aliphatic hydroxyl groups is 1. The third-order valence-corrected chi connectivity index (χ3v) is 3.94. The van der Waals surface area contributed by atoms with Gasteiger partial charge < -0.3 is 15.3 Å². The molecule has 2 rings (SSSR count). The van der Waals surface area contributed by atoms with Crippen molar-refractivity contribution in [2.75, 3.05) is 24.5 Å². The predicted molar refractivity (Wildman–Crippen MR) is 79.2 cm³/mol. The van der Waals surface area contributed by atoms with Crippen molar-refractivity contribution >= 4 is 21.6 Å². The van der Waals surface area contributed by atoms with Crippen LogP contribution < -0.4 is 10.2 Å². The summed E-state index contributed by atoms with van der Waals surface area (Å²) in [5.74, 6) is 0. The number of hydrogen-bond donors (Lipinski definition) is 2. The van der Waals surface area contributed by atoms with E-state index in [-0.39, 0.29) is 0 Å². The van der Waals surface area contributed by atoms with E-state index in [1.165, 1.54) is 5.56 Å². The molecule has 2 N–H and O–H groups in total. The molecule has 1 aliphatic heterocycles. The van der Waals surface area contributed by atoms with Crippen LogP contribution in [0.5, 0.6) is 0 Å². The van der Waals surface area contributed by atoms with Gasteiger partial charge in [-0.1, -0.05) is 6.07 Å². The molecule has 0 aliphatic carbocycles. The maximum absolute atomic E-state index is 10.3. The van der Waals surface area contributed by atoms with Crippen LogP contribution in [0.4, 0.5) is 5.69 Å². The van der Waals surface area contributed by atoms with Crippen LogP contribution in [0.15, 0.2) is 22.7 Å². The van der Waals surface area contributed by atoms with Crippen LogP contribution in [-0.2, 0) is 0 Å². The highest BCUT2D eigenvalue weighted by atomic mass is 79.9. The third-order valence-electron chi connectivity index (χ3n) is 3.30. The van der Waals surface area contributed by atoms with Crippen LogP contribution >= 0.6 is 15.9 Å². The van der Waals surface area contributed by atoms with Crippen molar-refractivity contribution in [1.82, 2.24) is 5.32 Å². The molecular weight excluding hydrogens is 292 g/mol. The van der Waals surface area contributed by atoms with E-state index in [1.54, 1.807) is 0 Å². The van der Waals surface area contributed by atoms with Gasteiger partial charge in [0.1, 0.15) is 0 Å². The first-order chi connectivity index (χ1) is 8.37. The Kier molecular flexibility index (Phi) is 3.99. The molecule has 2 atom stereocenters. The number of hydrogen-bond acceptors (Lipinski definition) is 3. The topological polar surface area (TPSA) is 35.5 Å². The van der Waals surface area contributed by atoms with Gasteiger partial charge in [0, 0.05) is 30.1 Å². The van der Waals surface area contributed by atoms with Crippen LogP contribution in [0.3, 0.4) is 0 Å². The number of rotatable bonds is 1. The minimum atomic E-state index is -0.699. The number of nitrogens with one attached hydrogen (secondary N) is 1. The van der Waals surface area contributed by atoms with Crippen LogP contribution in [-0.4, -0.2) is 36.4 Å². The van der Waals surface area contributed by atoms with Crippen LogP contribution in [0.2, 0.25) is 0 Å². The quantitative estimate of drug-likeness (QED) is 0.835. The molecule has 0 aromatic heterocycles. The molecule has 0 saturated carbocycles. The highest BCUT2D eigenvalue weighted by molar-refractivity contribution is 9.10. The van der Waals surface area contributed by atoms with Crippen molar-refractivity contribution in [3.63, 3.8) is 0 Å². The van der Waals surface area contributed by atoms with E-state index in [9.17, 15) is 5.11 Å². The van der Waals surface area contributed by atoms with E-state index >= 15 is 0 Å². The van der Waals surface area contributed by atoms with Gasteiger partial charge in [-0.3, -0.25) is 0 Å². The number of β-amino-alcohol motifs (C(OH)–C–C–N with tert-alkyl or cyclic N) is 1. The Labute approximate surface area is 117 Å². The lowest BCUT2D eigenvalue weighted by molar-refractivity contribution is 0.0718. The minimum absolute atomic E-state index is 0.368. The average Bonchev–Trinajstić information content (AvgIpc) is 2.37. The van der Waals surface area contributed by atoms with E-state index in [0.29, 0.717) is 19.1 Å². The van der Waals surface area contributed by atoms with Crippen molar-refractivity contribution in [2.45, 2.75) is 32.4 Å². The highest BCUT2D eigenvalue weighted by Crippen LogP contribution is 2.29. The first-order valence-corrected chi connectivity index (χ1v) is 7.13. The second kappa shape index (κ2) is 5.19. The smallest absolute Gasteiger partial charge is 0.0917 e. The summed E-state index contributed by atoms with van der Waals surface area (Å²) in [5, 5.41) is 13.7. The molecule has 3 nitrogen and oxygen atoms in total. The number of anilines is 1. The molecule has 0 bridgehead atoms. The van der Waals surface area contributed by atoms with Gasteiger partial charge in [0.2, 0.25) is 0 Å². The molecule has 1 aromatic carbocycles. The van der Waals surface area contributed by atoms with E-state index < -0.39 is 5.60 Å². The standard InChI is InChI=1S/C14H21BrN2O/c1-10-4-5-13(12(15)6-10)17-7-11(2)16-8-14(3,18)9-17/h4-6,11,16,18H,7-9H2,1-3H3. The van der Waals surface area contributed by atoms with Gasteiger partial charge in [-0.2, -0.15) is 0 Å². The molecule has 0 amide bonds. The van der Waals surface area contributed by atoms with E-state index in [0.717, 1.165) is 16.7 Å². The molecular formula is C14H21BrN2O. The Bertz CT molecular complexity index is 434. The zero-order valence-electron chi connectivity index (χ0n) is 11.2. The molecule has 1 aliphatic rings. The Morgan fingerprint density at radius 1 is 1.50 bits per heavy atom. The lowest BCUT2D eigenvalue weighted by Gasteiger charge is -2.30. The Balaban J connectivity index is 2.29. The van der Waals surface area contributed by atoms with E-state index in [2.05, 4.69) is 58.2 Å². The molecule has 0 spiro atoms. The van der Waals surface area contributed by atoms with Crippen molar-refractivity contribution in [3.8, 4) is 0 Å². The molecule has 1 saturated heterocycles. The van der Waals surface area contributed by atoms with Crippen molar-refractivity contribution < 1.29 is 5.11 Å². The molecule has 2 unspecified atom stereocenters. The van der Waals surface area contributed by atoms with Gasteiger partial charge in [0.05, 0.1) is 11.3 Å². The average molecular weight is 313 g/mol. The summed E-state index contributed by atoms with van der Waals surface area (Å²) in [6, 6.07) is 6.71. The molecule has 1 fully saturated rings. The summed E-state index contributed by atoms with van der Waals surface area (Å²) < 4.78 is 1.09. The number of nitrogens with zero attached hydrogens (tertiary/aromatic N) is 1. The summed E-state index contributed by atoms with van der Waals surface area (Å²) in [6.45, 7) is 8.29. The molecule has 0 radical (unpaired) electrons. The lowest BCUT2D eigenvalue weighted by atomic mass is 10.1. The summed E-state index contributed by atoms with van der Waals surface area (Å²) in [6.07, 6.45) is 0. The predicted octanol–water partition coefficient (Wildman–Crippen LogP) is 2.31. The fraction of sp³-hybridized carbons (Fsp3) is 0.571. The molecule has 100 valence electrons. The molecule has 1 heterocycles. The second-order valence-electron chi connectivity index (χ2n) is 5.61. The monoisotopic (exact) mass is 312 g/mol. The highest BCUT2D eigenvalue weighted by Gasteiger charge is 2.29. The van der Waals surface area contributed by atoms with Crippen LogP contribution in [0, 0.1) is 6.92 Å². The Morgan fingerprint density at radius 2 is 2.22 bits per heavy atom. The third kappa shape index (κ3) is 3.25. The first kappa shape index (κ1) is 13.8. The van der Waals surface area contributed by atoms with Gasteiger partial charge in [-0.15, -0.1) is 0 Å². The molecule has 4 heteroatoms. The maximum atomic E-state index is 10.3. The van der Waals surface area contributed by atoms with Gasteiger partial charge in [-0.25, -0.2) is 0 Å². The van der Waals surface area contributed by atoms with Crippen LogP contribution in [0.25, 0.3) is 0 Å². The van der Waals surface area contributed by atoms with Gasteiger partial charge in [-0.05, 0) is 54.4 Å². The fourth-order valence-electron chi connectivity index (χ4n) is 2.37. The summed E-state index contributed by atoms with van der Waals surface area (Å²) in [4.78, 5) is 2.24. The van der Waals surface area contributed by atoms with Gasteiger partial charge in [0.15, 0.2) is 0 Å². The molecule has 1 aromatic rings. The lowest BCUT2D eigenvalue weighted by Crippen LogP contribution is -2.43. The second-order valence-corrected chi connectivity index (χ2v) is 6.47. The number of aryl methyl sites for hydroxylation is 1. The van der Waals surface area contributed by atoms with Gasteiger partial charge in [0.25, 0.3) is 0 Å². The minimum Gasteiger partial charge on any atom is -0.387 e. The Morgan fingerprint density at radius 3 is 2.89 bits per heavy atom. The zero-order chi connectivity index (χ0) is 13.3. The van der Waals surface area contributed by atoms with E-state index in [1.807, 2.05) is 6.92 Å². The zero-order valence-corrected chi connectivity index (χ0v) is 12.8. The first-order valence-electron chi connectivity index (χ1n) is 6.34. The SMILES string of the molecule is Cc1ccc(N2CC(C)NCC(C)(O)C2)c(Br)c1. The largest absolute Gasteiger partial charge is 0.387 e. The summed E-state index contributed by atoms with van der Waals surface area (Å²) in [7, 11) is 0. The van der Waals surface area contributed by atoms with Crippen molar-refractivity contribution in [1.29, 1.82) is 0 Å². The summed E-state index contributed by atoms with van der Waals surface area (Å²) >= 11 is 3.62.